The van der Waals surface area contributed by atoms with Gasteiger partial charge in [-0.3, -0.25) is 0 Å². The first kappa shape index (κ1) is 14.3. The molecule has 1 aliphatic heterocycles. The molecule has 0 radical (unpaired) electrons. The highest BCUT2D eigenvalue weighted by atomic mass is 32.1. The van der Waals surface area contributed by atoms with Gasteiger partial charge in [-0.1, -0.05) is 26.1 Å². The van der Waals surface area contributed by atoms with Crippen LogP contribution in [0.1, 0.15) is 20.3 Å². The normalized spacial score (nSPS) is 25.7. The van der Waals surface area contributed by atoms with Gasteiger partial charge in [0.2, 0.25) is 0 Å². The van der Waals surface area contributed by atoms with Gasteiger partial charge in [0.25, 0.3) is 0 Å². The van der Waals surface area contributed by atoms with Gasteiger partial charge in [-0.05, 0) is 12.3 Å². The minimum Gasteiger partial charge on any atom is -0.467 e. The summed E-state index contributed by atoms with van der Waals surface area (Å²) in [6.45, 7) is 4.39. The lowest BCUT2D eigenvalue weighted by Crippen LogP contribution is -2.49. The Labute approximate surface area is 107 Å². The van der Waals surface area contributed by atoms with E-state index in [0.717, 1.165) is 0 Å². The molecule has 1 rings (SSSR count). The van der Waals surface area contributed by atoms with Crippen LogP contribution in [-0.4, -0.2) is 47.9 Å². The van der Waals surface area contributed by atoms with Crippen molar-refractivity contribution in [3.8, 4) is 0 Å². The highest BCUT2D eigenvalue weighted by Crippen LogP contribution is 2.10. The van der Waals surface area contributed by atoms with Gasteiger partial charge in [0.1, 0.15) is 6.04 Å². The molecule has 0 aliphatic carbocycles. The number of carbonyl (C=O) groups excluding carboxylic acids is 1. The smallest absolute Gasteiger partial charge is 0.328 e. The van der Waals surface area contributed by atoms with Gasteiger partial charge < -0.3 is 20.5 Å². The molecular formula is C11H20N2O3S. The molecule has 0 spiro atoms. The van der Waals surface area contributed by atoms with Crippen LogP contribution in [0, 0.1) is 5.92 Å². The molecule has 1 fully saturated rings. The van der Waals surface area contributed by atoms with Gasteiger partial charge >= 0.3 is 5.97 Å². The van der Waals surface area contributed by atoms with E-state index in [2.05, 4.69) is 10.6 Å². The second-order valence-corrected chi connectivity index (χ2v) is 5.04. The van der Waals surface area contributed by atoms with Crippen LogP contribution in [0.4, 0.5) is 0 Å². The van der Waals surface area contributed by atoms with E-state index in [0.29, 0.717) is 18.0 Å². The molecule has 1 aliphatic rings. The summed E-state index contributed by atoms with van der Waals surface area (Å²) in [5, 5.41) is 15.5. The second kappa shape index (κ2) is 6.28. The van der Waals surface area contributed by atoms with Gasteiger partial charge in [0, 0.05) is 6.54 Å². The molecule has 1 heterocycles. The monoisotopic (exact) mass is 260 g/mol. The fraction of sp³-hybridized carbons (Fsp3) is 0.818. The molecule has 5 nitrogen and oxygen atoms in total. The van der Waals surface area contributed by atoms with Crippen molar-refractivity contribution in [3.63, 3.8) is 0 Å². The number of β-amino-alcohol motifs (C(OH)–C–C–N with tert-alkyl or cyclic N) is 1. The molecule has 0 aromatic carbocycles. The zero-order chi connectivity index (χ0) is 13.0. The van der Waals surface area contributed by atoms with Crippen molar-refractivity contribution in [1.82, 2.24) is 10.6 Å². The highest BCUT2D eigenvalue weighted by Gasteiger charge is 2.30. The maximum atomic E-state index is 11.6. The van der Waals surface area contributed by atoms with Crippen LogP contribution in [0.3, 0.4) is 0 Å². The molecule has 17 heavy (non-hydrogen) atoms. The number of hydrogen-bond donors (Lipinski definition) is 3. The first-order valence-electron chi connectivity index (χ1n) is 5.75. The van der Waals surface area contributed by atoms with Crippen molar-refractivity contribution < 1.29 is 14.6 Å². The largest absolute Gasteiger partial charge is 0.467 e. The van der Waals surface area contributed by atoms with Gasteiger partial charge in [-0.2, -0.15) is 0 Å². The molecule has 3 atom stereocenters. The number of aliphatic hydroxyl groups excluding tert-OH is 1. The number of rotatable bonds is 4. The molecule has 98 valence electrons. The maximum Gasteiger partial charge on any atom is 0.328 e. The zero-order valence-corrected chi connectivity index (χ0v) is 11.2. The van der Waals surface area contributed by atoms with E-state index < -0.39 is 6.04 Å². The molecule has 0 aromatic heterocycles. The Morgan fingerprint density at radius 2 is 2.24 bits per heavy atom. The summed E-state index contributed by atoms with van der Waals surface area (Å²) < 4.78 is 4.73. The van der Waals surface area contributed by atoms with Crippen molar-refractivity contribution in [2.24, 2.45) is 5.92 Å². The summed E-state index contributed by atoms with van der Waals surface area (Å²) >= 11 is 5.24. The molecule has 0 unspecified atom stereocenters. The molecule has 0 saturated carbocycles. The summed E-state index contributed by atoms with van der Waals surface area (Å²) in [4.78, 5) is 12.1. The van der Waals surface area contributed by atoms with Crippen molar-refractivity contribution in [1.29, 1.82) is 0 Å². The predicted molar refractivity (Wildman–Crippen MR) is 68.8 cm³/mol. The number of thiocarbonyl (C=S) groups is 1. The van der Waals surface area contributed by atoms with E-state index in [-0.39, 0.29) is 24.0 Å². The SMILES string of the molecule is COC(=O)[C@@H](NC(=S)[C@@H]1C[C@@H](O)CN1)C(C)C. The van der Waals surface area contributed by atoms with Crippen LogP contribution in [0.15, 0.2) is 0 Å². The number of hydrogen-bond acceptors (Lipinski definition) is 5. The van der Waals surface area contributed by atoms with E-state index in [1.54, 1.807) is 0 Å². The van der Waals surface area contributed by atoms with Gasteiger partial charge in [0.05, 0.1) is 24.2 Å². The summed E-state index contributed by atoms with van der Waals surface area (Å²) in [7, 11) is 1.36. The fourth-order valence-corrected chi connectivity index (χ4v) is 2.10. The standard InChI is InChI=1S/C11H20N2O3S/c1-6(2)9(11(15)16-3)13-10(17)8-4-7(14)5-12-8/h6-9,12,14H,4-5H2,1-3H3,(H,13,17)/t7-,8+,9+/m1/s1. The summed E-state index contributed by atoms with van der Waals surface area (Å²) in [5.41, 5.74) is 0. The Hall–Kier alpha value is -0.720. The van der Waals surface area contributed by atoms with E-state index in [1.165, 1.54) is 7.11 Å². The van der Waals surface area contributed by atoms with Crippen LogP contribution >= 0.6 is 12.2 Å². The van der Waals surface area contributed by atoms with Crippen LogP contribution in [0.5, 0.6) is 0 Å². The Balaban J connectivity index is 2.55. The molecule has 1 saturated heterocycles. The number of methoxy groups -OCH3 is 1. The molecule has 6 heteroatoms. The molecule has 0 amide bonds. The molecule has 3 N–H and O–H groups in total. The molecular weight excluding hydrogens is 240 g/mol. The second-order valence-electron chi connectivity index (χ2n) is 4.60. The van der Waals surface area contributed by atoms with Gasteiger partial charge in [0.15, 0.2) is 0 Å². The minimum absolute atomic E-state index is 0.0640. The van der Waals surface area contributed by atoms with Crippen molar-refractivity contribution in [2.45, 2.75) is 38.5 Å². The summed E-state index contributed by atoms with van der Waals surface area (Å²) in [6.07, 6.45) is 0.216. The van der Waals surface area contributed by atoms with Gasteiger partial charge in [-0.15, -0.1) is 0 Å². The Morgan fingerprint density at radius 3 is 2.65 bits per heavy atom. The lowest BCUT2D eigenvalue weighted by atomic mass is 10.0. The lowest BCUT2D eigenvalue weighted by molar-refractivity contribution is -0.143. The maximum absolute atomic E-state index is 11.6. The van der Waals surface area contributed by atoms with E-state index in [9.17, 15) is 9.90 Å². The van der Waals surface area contributed by atoms with E-state index >= 15 is 0 Å². The third-order valence-electron chi connectivity index (χ3n) is 2.84. The number of nitrogens with one attached hydrogen (secondary N) is 2. The van der Waals surface area contributed by atoms with Crippen molar-refractivity contribution >= 4 is 23.2 Å². The van der Waals surface area contributed by atoms with Crippen molar-refractivity contribution in [2.75, 3.05) is 13.7 Å². The first-order valence-corrected chi connectivity index (χ1v) is 6.16. The number of esters is 1. The van der Waals surface area contributed by atoms with E-state index in [1.807, 2.05) is 13.8 Å². The first-order chi connectivity index (χ1) is 7.95. The average Bonchev–Trinajstić information content (AvgIpc) is 2.71. The van der Waals surface area contributed by atoms with E-state index in [4.69, 9.17) is 17.0 Å². The number of carbonyl (C=O) groups is 1. The minimum atomic E-state index is -0.438. The Kier molecular flexibility index (Phi) is 5.30. The zero-order valence-electron chi connectivity index (χ0n) is 10.4. The fourth-order valence-electron chi connectivity index (χ4n) is 1.80. The Morgan fingerprint density at radius 1 is 1.59 bits per heavy atom. The summed E-state index contributed by atoms with van der Waals surface area (Å²) in [6, 6.07) is -0.502. The highest BCUT2D eigenvalue weighted by molar-refractivity contribution is 7.80. The van der Waals surface area contributed by atoms with Crippen molar-refractivity contribution in [3.05, 3.63) is 0 Å². The number of aliphatic hydroxyl groups is 1. The topological polar surface area (TPSA) is 70.6 Å². The summed E-state index contributed by atoms with van der Waals surface area (Å²) in [5.74, 6) is -0.229. The van der Waals surface area contributed by atoms with Crippen LogP contribution in [0.25, 0.3) is 0 Å². The van der Waals surface area contributed by atoms with Crippen LogP contribution in [-0.2, 0) is 9.53 Å². The van der Waals surface area contributed by atoms with Gasteiger partial charge in [-0.25, -0.2) is 4.79 Å². The predicted octanol–water partition coefficient (Wildman–Crippen LogP) is -0.176. The van der Waals surface area contributed by atoms with Crippen LogP contribution in [0.2, 0.25) is 0 Å². The number of ether oxygens (including phenoxy) is 1. The third kappa shape index (κ3) is 3.90. The lowest BCUT2D eigenvalue weighted by Gasteiger charge is -2.23. The Bertz CT molecular complexity index is 296. The third-order valence-corrected chi connectivity index (χ3v) is 3.25. The molecule has 0 aromatic rings. The quantitative estimate of drug-likeness (QED) is 0.481. The average molecular weight is 260 g/mol. The van der Waals surface area contributed by atoms with Crippen LogP contribution < -0.4 is 10.6 Å². The molecule has 0 bridgehead atoms.